The topological polar surface area (TPSA) is 9.23 Å². The maximum Gasteiger partial charge on any atom is 0.168 e. The van der Waals surface area contributed by atoms with Crippen molar-refractivity contribution in [2.45, 2.75) is 26.4 Å². The van der Waals surface area contributed by atoms with E-state index in [9.17, 15) is 13.2 Å². The molecule has 0 unspecified atom stereocenters. The van der Waals surface area contributed by atoms with Crippen LogP contribution in [0, 0.1) is 17.5 Å². The SMILES string of the molecule is CC(C)(C)Oc1cc(F)c(F)cc1F. The van der Waals surface area contributed by atoms with Crippen LogP contribution in [0.15, 0.2) is 12.1 Å². The summed E-state index contributed by atoms with van der Waals surface area (Å²) < 4.78 is 43.4. The molecule has 0 aliphatic carbocycles. The third kappa shape index (κ3) is 2.65. The molecule has 14 heavy (non-hydrogen) atoms. The van der Waals surface area contributed by atoms with Crippen LogP contribution < -0.4 is 4.74 Å². The number of hydrogen-bond donors (Lipinski definition) is 0. The van der Waals surface area contributed by atoms with E-state index in [0.717, 1.165) is 0 Å². The molecule has 0 saturated carbocycles. The van der Waals surface area contributed by atoms with Gasteiger partial charge in [-0.05, 0) is 20.8 Å². The molecule has 78 valence electrons. The van der Waals surface area contributed by atoms with Gasteiger partial charge in [0.15, 0.2) is 23.2 Å². The Hall–Kier alpha value is -1.19. The minimum atomic E-state index is -1.22. The van der Waals surface area contributed by atoms with E-state index < -0.39 is 23.1 Å². The Morgan fingerprint density at radius 3 is 1.93 bits per heavy atom. The lowest BCUT2D eigenvalue weighted by molar-refractivity contribution is 0.123. The summed E-state index contributed by atoms with van der Waals surface area (Å²) in [6.45, 7) is 5.06. The van der Waals surface area contributed by atoms with Gasteiger partial charge in [0, 0.05) is 12.1 Å². The Morgan fingerprint density at radius 1 is 0.929 bits per heavy atom. The van der Waals surface area contributed by atoms with Gasteiger partial charge in [0.25, 0.3) is 0 Å². The summed E-state index contributed by atoms with van der Waals surface area (Å²) in [7, 11) is 0. The average Bonchev–Trinajstić information content (AvgIpc) is 1.97. The van der Waals surface area contributed by atoms with Crippen LogP contribution in [0.25, 0.3) is 0 Å². The molecule has 0 saturated heterocycles. The predicted octanol–water partition coefficient (Wildman–Crippen LogP) is 3.28. The highest BCUT2D eigenvalue weighted by molar-refractivity contribution is 5.26. The van der Waals surface area contributed by atoms with E-state index in [0.29, 0.717) is 12.1 Å². The van der Waals surface area contributed by atoms with Gasteiger partial charge in [-0.15, -0.1) is 0 Å². The fraction of sp³-hybridized carbons (Fsp3) is 0.400. The van der Waals surface area contributed by atoms with E-state index in [-0.39, 0.29) is 5.75 Å². The highest BCUT2D eigenvalue weighted by atomic mass is 19.2. The van der Waals surface area contributed by atoms with E-state index in [1.165, 1.54) is 0 Å². The molecule has 0 bridgehead atoms. The van der Waals surface area contributed by atoms with Crippen molar-refractivity contribution in [3.8, 4) is 5.75 Å². The van der Waals surface area contributed by atoms with Gasteiger partial charge >= 0.3 is 0 Å². The van der Waals surface area contributed by atoms with Gasteiger partial charge in [0.1, 0.15) is 5.60 Å². The van der Waals surface area contributed by atoms with Crippen molar-refractivity contribution in [1.29, 1.82) is 0 Å². The molecule has 0 fully saturated rings. The predicted molar refractivity (Wildman–Crippen MR) is 46.7 cm³/mol. The summed E-state index contributed by atoms with van der Waals surface area (Å²) in [4.78, 5) is 0. The summed E-state index contributed by atoms with van der Waals surface area (Å²) in [6, 6.07) is 1.17. The molecule has 0 N–H and O–H groups in total. The first-order chi connectivity index (χ1) is 6.29. The Labute approximate surface area is 80.5 Å². The summed E-state index contributed by atoms with van der Waals surface area (Å²) >= 11 is 0. The van der Waals surface area contributed by atoms with Gasteiger partial charge in [-0.1, -0.05) is 0 Å². The van der Waals surface area contributed by atoms with Gasteiger partial charge in [0.2, 0.25) is 0 Å². The summed E-state index contributed by atoms with van der Waals surface area (Å²) in [6.07, 6.45) is 0. The van der Waals surface area contributed by atoms with Crippen LogP contribution in [0.4, 0.5) is 13.2 Å². The van der Waals surface area contributed by atoms with Crippen LogP contribution in [0.1, 0.15) is 20.8 Å². The van der Waals surface area contributed by atoms with E-state index in [1.807, 2.05) is 0 Å². The van der Waals surface area contributed by atoms with Crippen LogP contribution in [0.2, 0.25) is 0 Å². The molecule has 1 rings (SSSR count). The van der Waals surface area contributed by atoms with Crippen molar-refractivity contribution in [2.24, 2.45) is 0 Å². The average molecular weight is 204 g/mol. The van der Waals surface area contributed by atoms with E-state index in [2.05, 4.69) is 0 Å². The molecule has 0 radical (unpaired) electrons. The van der Waals surface area contributed by atoms with Gasteiger partial charge in [0.05, 0.1) is 0 Å². The van der Waals surface area contributed by atoms with Crippen LogP contribution in [-0.4, -0.2) is 5.60 Å². The number of ether oxygens (including phenoxy) is 1. The van der Waals surface area contributed by atoms with E-state index in [1.54, 1.807) is 20.8 Å². The Morgan fingerprint density at radius 2 is 1.43 bits per heavy atom. The second kappa shape index (κ2) is 3.52. The van der Waals surface area contributed by atoms with Gasteiger partial charge in [-0.3, -0.25) is 0 Å². The van der Waals surface area contributed by atoms with Crippen LogP contribution in [-0.2, 0) is 0 Å². The molecule has 0 atom stereocenters. The zero-order chi connectivity index (χ0) is 10.9. The van der Waals surface area contributed by atoms with Crippen LogP contribution in [0.3, 0.4) is 0 Å². The van der Waals surface area contributed by atoms with Crippen molar-refractivity contribution in [2.75, 3.05) is 0 Å². The first-order valence-corrected chi connectivity index (χ1v) is 4.13. The second-order valence-corrected chi connectivity index (χ2v) is 3.91. The van der Waals surface area contributed by atoms with Crippen LogP contribution >= 0.6 is 0 Å². The fourth-order valence-electron chi connectivity index (χ4n) is 0.912. The first-order valence-electron chi connectivity index (χ1n) is 4.13. The van der Waals surface area contributed by atoms with E-state index in [4.69, 9.17) is 4.74 Å². The lowest BCUT2D eigenvalue weighted by Gasteiger charge is -2.21. The zero-order valence-corrected chi connectivity index (χ0v) is 8.20. The van der Waals surface area contributed by atoms with Gasteiger partial charge < -0.3 is 4.74 Å². The zero-order valence-electron chi connectivity index (χ0n) is 8.20. The fourth-order valence-corrected chi connectivity index (χ4v) is 0.912. The first kappa shape index (κ1) is 10.9. The molecule has 0 aliphatic heterocycles. The summed E-state index contributed by atoms with van der Waals surface area (Å²) in [5.41, 5.74) is -0.648. The molecule has 0 amide bonds. The van der Waals surface area contributed by atoms with Crippen molar-refractivity contribution < 1.29 is 17.9 Å². The largest absolute Gasteiger partial charge is 0.485 e. The van der Waals surface area contributed by atoms with Crippen molar-refractivity contribution in [3.05, 3.63) is 29.6 Å². The second-order valence-electron chi connectivity index (χ2n) is 3.91. The Kier molecular flexibility index (Phi) is 2.73. The van der Waals surface area contributed by atoms with E-state index >= 15 is 0 Å². The molecular formula is C10H11F3O. The molecule has 4 heteroatoms. The smallest absolute Gasteiger partial charge is 0.168 e. The Balaban J connectivity index is 3.04. The molecule has 1 aromatic rings. The molecule has 0 heterocycles. The maximum atomic E-state index is 13.0. The third-order valence-corrected chi connectivity index (χ3v) is 1.39. The highest BCUT2D eigenvalue weighted by Crippen LogP contribution is 2.24. The molecular weight excluding hydrogens is 193 g/mol. The van der Waals surface area contributed by atoms with Crippen molar-refractivity contribution >= 4 is 0 Å². The van der Waals surface area contributed by atoms with Gasteiger partial charge in [-0.2, -0.15) is 0 Å². The normalized spacial score (nSPS) is 11.6. The lowest BCUT2D eigenvalue weighted by Crippen LogP contribution is -2.23. The summed E-state index contributed by atoms with van der Waals surface area (Å²) in [5, 5.41) is 0. The van der Waals surface area contributed by atoms with Gasteiger partial charge in [-0.25, -0.2) is 13.2 Å². The summed E-state index contributed by atoms with van der Waals surface area (Å²) in [5.74, 6) is -3.52. The van der Waals surface area contributed by atoms with Crippen LogP contribution in [0.5, 0.6) is 5.75 Å². The third-order valence-electron chi connectivity index (χ3n) is 1.39. The quantitative estimate of drug-likeness (QED) is 0.638. The minimum Gasteiger partial charge on any atom is -0.485 e. The lowest BCUT2D eigenvalue weighted by atomic mass is 10.2. The number of benzene rings is 1. The molecule has 0 aliphatic rings. The number of halogens is 3. The maximum absolute atomic E-state index is 13.0. The molecule has 1 aromatic carbocycles. The Bertz CT molecular complexity index is 342. The number of rotatable bonds is 1. The molecule has 1 nitrogen and oxygen atoms in total. The molecule has 0 spiro atoms. The molecule has 0 aromatic heterocycles. The standard InChI is InChI=1S/C10H11F3O/c1-10(2,3)14-9-5-7(12)6(11)4-8(9)13/h4-5H,1-3H3. The van der Waals surface area contributed by atoms with Crippen molar-refractivity contribution in [3.63, 3.8) is 0 Å². The number of hydrogen-bond acceptors (Lipinski definition) is 1. The van der Waals surface area contributed by atoms with Crippen molar-refractivity contribution in [1.82, 2.24) is 0 Å². The minimum absolute atomic E-state index is 0.281. The monoisotopic (exact) mass is 204 g/mol. The highest BCUT2D eigenvalue weighted by Gasteiger charge is 2.17.